The minimum absolute atomic E-state index is 0.211. The third kappa shape index (κ3) is 4.73. The molecule has 14 heteroatoms. The van der Waals surface area contributed by atoms with Gasteiger partial charge >= 0.3 is 14.2 Å². The number of hydrogen-bond donors (Lipinski definition) is 2. The van der Waals surface area contributed by atoms with Crippen LogP contribution in [0.5, 0.6) is 0 Å². The van der Waals surface area contributed by atoms with Gasteiger partial charge in [-0.25, -0.2) is 5.26 Å². The Labute approximate surface area is 177 Å². The van der Waals surface area contributed by atoms with E-state index in [2.05, 4.69) is 9.37 Å². The topological polar surface area (TPSA) is 130 Å². The summed E-state index contributed by atoms with van der Waals surface area (Å²) in [5, 5.41) is 12.2. The number of hydrogen-bond acceptors (Lipinski definition) is 10. The average Bonchev–Trinajstić information content (AvgIpc) is 3.45. The Morgan fingerprint density at radius 1 is 0.867 bits per heavy atom. The van der Waals surface area contributed by atoms with Crippen molar-refractivity contribution < 1.29 is 46.2 Å². The summed E-state index contributed by atoms with van der Waals surface area (Å²) in [4.78, 5) is 0.0682. The Morgan fingerprint density at radius 2 is 1.40 bits per heavy atom. The van der Waals surface area contributed by atoms with Gasteiger partial charge in [0.15, 0.2) is 0 Å². The first kappa shape index (κ1) is 21.8. The van der Waals surface area contributed by atoms with Crippen LogP contribution in [0.2, 0.25) is 0 Å². The van der Waals surface area contributed by atoms with Gasteiger partial charge < -0.3 is 18.6 Å². The molecule has 2 heterocycles. The maximum absolute atomic E-state index is 12.1. The van der Waals surface area contributed by atoms with Crippen molar-refractivity contribution in [1.29, 1.82) is 0 Å². The predicted molar refractivity (Wildman–Crippen MR) is 107 cm³/mol. The van der Waals surface area contributed by atoms with Crippen molar-refractivity contribution in [3.05, 3.63) is 36.4 Å². The van der Waals surface area contributed by atoms with Crippen molar-refractivity contribution in [2.45, 2.75) is 9.79 Å². The molecule has 2 aliphatic rings. The van der Waals surface area contributed by atoms with Gasteiger partial charge in [0, 0.05) is 10.5 Å². The average molecular weight is 454 g/mol. The molecule has 2 saturated heterocycles. The largest absolute Gasteiger partial charge is 0.494 e. The smallest absolute Gasteiger partial charge is 0.405 e. The minimum atomic E-state index is -4.59. The molecule has 4 rings (SSSR count). The van der Waals surface area contributed by atoms with E-state index in [0.717, 1.165) is 0 Å². The molecule has 2 N–H and O–H groups in total. The first-order valence-electron chi connectivity index (χ1n) is 8.84. The third-order valence-corrected chi connectivity index (χ3v) is 6.06. The van der Waals surface area contributed by atoms with Gasteiger partial charge in [-0.15, -0.1) is 4.33 Å². The van der Waals surface area contributed by atoms with E-state index in [4.69, 9.17) is 23.9 Å². The van der Waals surface area contributed by atoms with E-state index in [-0.39, 0.29) is 10.5 Å². The molecule has 2 aliphatic heterocycles. The quantitative estimate of drug-likeness (QED) is 0.200. The highest BCUT2D eigenvalue weighted by molar-refractivity contribution is 7.94. The van der Waals surface area contributed by atoms with Gasteiger partial charge in [0.05, 0.1) is 38.5 Å². The summed E-state index contributed by atoms with van der Waals surface area (Å²) in [6, 6.07) is 9.48. The molecule has 2 aromatic rings. The summed E-state index contributed by atoms with van der Waals surface area (Å²) in [5.41, 5.74) is 1.74. The summed E-state index contributed by atoms with van der Waals surface area (Å²) in [7, 11) is -5.87. The molecule has 2 fully saturated rings. The Bertz CT molecular complexity index is 1010. The highest BCUT2D eigenvalue weighted by Crippen LogP contribution is 2.35. The van der Waals surface area contributed by atoms with Crippen LogP contribution < -0.4 is 10.9 Å². The molecular weight excluding hydrogens is 438 g/mol. The molecule has 0 unspecified atom stereocenters. The van der Waals surface area contributed by atoms with Gasteiger partial charge in [-0.2, -0.15) is 8.42 Å². The SMILES string of the molecule is O=S(=O)(O)c1cc(B2OCCO2)ccc1-c1ccc(B2OCCO2)cc1SOOO. The molecule has 0 aliphatic carbocycles. The van der Waals surface area contributed by atoms with Crippen LogP contribution >= 0.6 is 12.0 Å². The van der Waals surface area contributed by atoms with Crippen LogP contribution in [0.4, 0.5) is 0 Å². The van der Waals surface area contributed by atoms with Gasteiger partial charge in [0.25, 0.3) is 10.1 Å². The molecule has 0 amide bonds. The summed E-state index contributed by atoms with van der Waals surface area (Å²) >= 11 is 0.655. The number of rotatable bonds is 7. The van der Waals surface area contributed by atoms with Crippen LogP contribution in [0.15, 0.2) is 46.2 Å². The van der Waals surface area contributed by atoms with E-state index in [9.17, 15) is 13.0 Å². The molecule has 0 saturated carbocycles. The second-order valence-electron chi connectivity index (χ2n) is 6.36. The summed E-state index contributed by atoms with van der Waals surface area (Å²) in [6.07, 6.45) is 0. The Balaban J connectivity index is 1.79. The van der Waals surface area contributed by atoms with Crippen molar-refractivity contribution in [3.63, 3.8) is 0 Å². The van der Waals surface area contributed by atoms with Crippen LogP contribution in [0, 0.1) is 0 Å². The Hall–Kier alpha value is -1.45. The normalized spacial score (nSPS) is 17.1. The highest BCUT2D eigenvalue weighted by atomic mass is 32.2. The second-order valence-corrected chi connectivity index (χ2v) is 8.49. The lowest BCUT2D eigenvalue weighted by atomic mass is 9.77. The lowest BCUT2D eigenvalue weighted by molar-refractivity contribution is -0.432. The fraction of sp³-hybridized carbons (Fsp3) is 0.250. The van der Waals surface area contributed by atoms with Crippen LogP contribution in [-0.2, 0) is 38.1 Å². The fourth-order valence-corrected chi connectivity index (χ4v) is 4.55. The maximum atomic E-state index is 12.1. The van der Waals surface area contributed by atoms with E-state index < -0.39 is 24.4 Å². The van der Waals surface area contributed by atoms with Crippen LogP contribution in [0.3, 0.4) is 0 Å². The molecule has 0 atom stereocenters. The molecule has 0 spiro atoms. The zero-order chi connectivity index (χ0) is 21.1. The van der Waals surface area contributed by atoms with E-state index in [0.29, 0.717) is 59.9 Å². The molecule has 2 aromatic carbocycles. The third-order valence-electron chi connectivity index (χ3n) is 4.52. The van der Waals surface area contributed by atoms with Crippen molar-refractivity contribution in [2.24, 2.45) is 0 Å². The predicted octanol–water partition coefficient (Wildman–Crippen LogP) is 0.513. The van der Waals surface area contributed by atoms with Crippen LogP contribution in [0.1, 0.15) is 0 Å². The van der Waals surface area contributed by atoms with Crippen molar-refractivity contribution in [2.75, 3.05) is 26.4 Å². The van der Waals surface area contributed by atoms with Gasteiger partial charge in [0.1, 0.15) is 4.90 Å². The van der Waals surface area contributed by atoms with Gasteiger partial charge in [-0.3, -0.25) is 4.55 Å². The summed E-state index contributed by atoms with van der Waals surface area (Å²) < 4.78 is 60.4. The molecule has 0 radical (unpaired) electrons. The number of benzene rings is 2. The van der Waals surface area contributed by atoms with E-state index >= 15 is 0 Å². The molecule has 30 heavy (non-hydrogen) atoms. The monoisotopic (exact) mass is 454 g/mol. The van der Waals surface area contributed by atoms with Crippen LogP contribution in [0.25, 0.3) is 11.1 Å². The Kier molecular flexibility index (Phi) is 6.79. The molecule has 0 aromatic heterocycles. The van der Waals surface area contributed by atoms with E-state index in [1.807, 2.05) is 0 Å². The van der Waals surface area contributed by atoms with Crippen LogP contribution in [-0.4, -0.2) is 58.9 Å². The second kappa shape index (κ2) is 9.36. The summed E-state index contributed by atoms with van der Waals surface area (Å²) in [5.74, 6) is 0. The molecule has 0 bridgehead atoms. The van der Waals surface area contributed by atoms with Gasteiger partial charge in [-0.1, -0.05) is 29.3 Å². The lowest BCUT2D eigenvalue weighted by Crippen LogP contribution is -2.32. The molecule has 158 valence electrons. The van der Waals surface area contributed by atoms with Gasteiger partial charge in [-0.05, 0) is 28.6 Å². The first-order valence-corrected chi connectivity index (χ1v) is 11.0. The first-order chi connectivity index (χ1) is 14.5. The lowest BCUT2D eigenvalue weighted by Gasteiger charge is -2.15. The van der Waals surface area contributed by atoms with E-state index in [1.54, 1.807) is 24.3 Å². The summed E-state index contributed by atoms with van der Waals surface area (Å²) in [6.45, 7) is 1.68. The Morgan fingerprint density at radius 3 is 1.93 bits per heavy atom. The highest BCUT2D eigenvalue weighted by Gasteiger charge is 2.31. The van der Waals surface area contributed by atoms with E-state index in [1.165, 1.54) is 12.1 Å². The standard InChI is InChI=1S/C16H16B2O10S2/c19-27-28-29-15-9-11(17-23-5-6-24-17)1-3-13(15)14-4-2-12(18-25-7-8-26-18)10-16(14)30(20,21)22/h1-4,9-10,19H,5-8H2,(H,20,21,22). The molecule has 10 nitrogen and oxygen atoms in total. The minimum Gasteiger partial charge on any atom is -0.405 e. The zero-order valence-electron chi connectivity index (χ0n) is 15.4. The van der Waals surface area contributed by atoms with Crippen molar-refractivity contribution in [1.82, 2.24) is 0 Å². The maximum Gasteiger partial charge on any atom is 0.494 e. The fourth-order valence-electron chi connectivity index (χ4n) is 3.25. The molecular formula is C16H16B2O10S2. The van der Waals surface area contributed by atoms with Gasteiger partial charge in [0.2, 0.25) is 0 Å². The zero-order valence-corrected chi connectivity index (χ0v) is 17.1. The van der Waals surface area contributed by atoms with Crippen molar-refractivity contribution >= 4 is 47.3 Å². The van der Waals surface area contributed by atoms with Crippen molar-refractivity contribution in [3.8, 4) is 11.1 Å².